The first-order chi connectivity index (χ1) is 14.7. The first-order valence-corrected chi connectivity index (χ1v) is 12.1. The van der Waals surface area contributed by atoms with Crippen molar-refractivity contribution in [3.63, 3.8) is 0 Å². The topological polar surface area (TPSA) is 52.6 Å². The third-order valence-corrected chi connectivity index (χ3v) is 7.12. The molecule has 0 N–H and O–H groups in total. The Morgan fingerprint density at radius 2 is 1.37 bits per heavy atom. The molecule has 0 amide bonds. The molecule has 4 nitrogen and oxygen atoms in total. The molecule has 4 heteroatoms. The summed E-state index contributed by atoms with van der Waals surface area (Å²) < 4.78 is 11.7. The summed E-state index contributed by atoms with van der Waals surface area (Å²) in [7, 11) is 0. The zero-order chi connectivity index (χ0) is 21.2. The van der Waals surface area contributed by atoms with E-state index >= 15 is 0 Å². The molecule has 0 aliphatic heterocycles. The fraction of sp³-hybridized carbons (Fsp3) is 0.692. The minimum absolute atomic E-state index is 0.0340. The molecule has 0 unspecified atom stereocenters. The lowest BCUT2D eigenvalue weighted by molar-refractivity contribution is -0.187. The summed E-state index contributed by atoms with van der Waals surface area (Å²) in [6, 6.07) is 9.74. The van der Waals surface area contributed by atoms with Gasteiger partial charge in [-0.05, 0) is 49.5 Å². The van der Waals surface area contributed by atoms with Crippen LogP contribution < -0.4 is 0 Å². The van der Waals surface area contributed by atoms with Crippen molar-refractivity contribution in [2.45, 2.75) is 90.6 Å². The number of benzene rings is 1. The summed E-state index contributed by atoms with van der Waals surface area (Å²) in [4.78, 5) is 27.5. The van der Waals surface area contributed by atoms with Crippen LogP contribution in [-0.4, -0.2) is 18.5 Å². The van der Waals surface area contributed by atoms with Crippen molar-refractivity contribution in [2.24, 2.45) is 17.3 Å². The number of ether oxygens (including phenoxy) is 2. The molecule has 166 valence electrons. The van der Waals surface area contributed by atoms with Crippen LogP contribution >= 0.6 is 0 Å². The van der Waals surface area contributed by atoms with E-state index < -0.39 is 5.41 Å². The molecule has 0 spiro atoms. The molecule has 30 heavy (non-hydrogen) atoms. The molecule has 2 saturated carbocycles. The van der Waals surface area contributed by atoms with Gasteiger partial charge in [0.05, 0.1) is 6.61 Å². The molecule has 3 rings (SSSR count). The molecular formula is C26H38O4. The number of carbonyl (C=O) groups is 2. The summed E-state index contributed by atoms with van der Waals surface area (Å²) in [6.07, 6.45) is 12.1. The van der Waals surface area contributed by atoms with Crippen molar-refractivity contribution >= 4 is 11.9 Å². The predicted octanol–water partition coefficient (Wildman–Crippen LogP) is 6.22. The van der Waals surface area contributed by atoms with Crippen molar-refractivity contribution in [2.75, 3.05) is 6.61 Å². The number of carbonyl (C=O) groups excluding carboxylic acids is 2. The van der Waals surface area contributed by atoms with Crippen LogP contribution in [0, 0.1) is 17.3 Å². The Morgan fingerprint density at radius 3 is 1.90 bits per heavy atom. The highest BCUT2D eigenvalue weighted by Gasteiger charge is 2.59. The van der Waals surface area contributed by atoms with Crippen LogP contribution in [0.15, 0.2) is 30.3 Å². The standard InChI is InChI=1S/C26H38O4/c1-2-3-19-29-24(27)26(22-15-9-5-10-16-22,23-17-11-6-12-18-23)25(28)30-20-21-13-7-4-8-14-21/h4,7-8,13-14,22-23H,2-3,5-6,9-12,15-20H2,1H3. The Labute approximate surface area is 181 Å². The van der Waals surface area contributed by atoms with E-state index in [1.165, 1.54) is 12.8 Å². The van der Waals surface area contributed by atoms with Gasteiger partial charge in [0, 0.05) is 0 Å². The fourth-order valence-corrected chi connectivity index (χ4v) is 5.47. The SMILES string of the molecule is CCCCOC(=O)C(C(=O)OCc1ccccc1)(C1CCCCC1)C1CCCCC1. The number of hydrogen-bond donors (Lipinski definition) is 0. The lowest BCUT2D eigenvalue weighted by atomic mass is 9.58. The Balaban J connectivity index is 1.89. The highest BCUT2D eigenvalue weighted by molar-refractivity contribution is 6.01. The van der Waals surface area contributed by atoms with Crippen LogP contribution in [-0.2, 0) is 25.7 Å². The van der Waals surface area contributed by atoms with E-state index in [1.807, 2.05) is 30.3 Å². The van der Waals surface area contributed by atoms with E-state index in [2.05, 4.69) is 6.92 Å². The van der Waals surface area contributed by atoms with Gasteiger partial charge in [0.25, 0.3) is 0 Å². The van der Waals surface area contributed by atoms with Gasteiger partial charge in [0.1, 0.15) is 6.61 Å². The average molecular weight is 415 g/mol. The van der Waals surface area contributed by atoms with E-state index in [-0.39, 0.29) is 30.4 Å². The molecule has 0 atom stereocenters. The Morgan fingerprint density at radius 1 is 0.833 bits per heavy atom. The second-order valence-corrected chi connectivity index (χ2v) is 9.09. The van der Waals surface area contributed by atoms with Gasteiger partial charge in [-0.3, -0.25) is 9.59 Å². The second-order valence-electron chi connectivity index (χ2n) is 9.09. The third kappa shape index (κ3) is 5.25. The maximum Gasteiger partial charge on any atom is 0.324 e. The summed E-state index contributed by atoms with van der Waals surface area (Å²) in [5.74, 6) is -0.585. The minimum Gasteiger partial charge on any atom is -0.465 e. The normalized spacial score (nSPS) is 18.7. The molecule has 1 aromatic rings. The van der Waals surface area contributed by atoms with Crippen molar-refractivity contribution in [3.8, 4) is 0 Å². The predicted molar refractivity (Wildman–Crippen MR) is 118 cm³/mol. The van der Waals surface area contributed by atoms with E-state index in [0.29, 0.717) is 6.61 Å². The smallest absolute Gasteiger partial charge is 0.324 e. The molecule has 1 aromatic carbocycles. The zero-order valence-corrected chi connectivity index (χ0v) is 18.6. The largest absolute Gasteiger partial charge is 0.465 e. The van der Waals surface area contributed by atoms with Crippen molar-refractivity contribution in [1.29, 1.82) is 0 Å². The van der Waals surface area contributed by atoms with Crippen molar-refractivity contribution in [3.05, 3.63) is 35.9 Å². The van der Waals surface area contributed by atoms with Gasteiger partial charge in [0.15, 0.2) is 5.41 Å². The molecule has 0 radical (unpaired) electrons. The summed E-state index contributed by atoms with van der Waals surface area (Å²) in [6.45, 7) is 2.68. The highest BCUT2D eigenvalue weighted by atomic mass is 16.6. The first kappa shape index (κ1) is 22.8. The van der Waals surface area contributed by atoms with Gasteiger partial charge >= 0.3 is 11.9 Å². The van der Waals surface area contributed by atoms with E-state index in [1.54, 1.807) is 0 Å². The molecular weight excluding hydrogens is 376 g/mol. The summed E-state index contributed by atoms with van der Waals surface area (Å²) >= 11 is 0. The molecule has 0 bridgehead atoms. The maximum absolute atomic E-state index is 13.8. The maximum atomic E-state index is 13.8. The number of esters is 2. The number of hydrogen-bond acceptors (Lipinski definition) is 4. The lowest BCUT2D eigenvalue weighted by Gasteiger charge is -2.44. The monoisotopic (exact) mass is 414 g/mol. The molecule has 0 saturated heterocycles. The van der Waals surface area contributed by atoms with Gasteiger partial charge in [-0.15, -0.1) is 0 Å². The molecule has 0 aromatic heterocycles. The van der Waals surface area contributed by atoms with Crippen molar-refractivity contribution in [1.82, 2.24) is 0 Å². The molecule has 2 aliphatic carbocycles. The summed E-state index contributed by atoms with van der Waals surface area (Å²) in [5, 5.41) is 0. The number of unbranched alkanes of at least 4 members (excludes halogenated alkanes) is 1. The third-order valence-electron chi connectivity index (χ3n) is 7.12. The fourth-order valence-electron chi connectivity index (χ4n) is 5.47. The van der Waals surface area contributed by atoms with Gasteiger partial charge in [-0.1, -0.05) is 82.2 Å². The van der Waals surface area contributed by atoms with Crippen LogP contribution in [0.25, 0.3) is 0 Å². The Bertz CT molecular complexity index is 639. The zero-order valence-electron chi connectivity index (χ0n) is 18.6. The van der Waals surface area contributed by atoms with Crippen LogP contribution in [0.2, 0.25) is 0 Å². The molecule has 2 fully saturated rings. The molecule has 2 aliphatic rings. The van der Waals surface area contributed by atoms with Crippen LogP contribution in [0.3, 0.4) is 0 Å². The van der Waals surface area contributed by atoms with Gasteiger partial charge in [0.2, 0.25) is 0 Å². The Hall–Kier alpha value is -1.84. The second kappa shape index (κ2) is 11.5. The van der Waals surface area contributed by atoms with Crippen molar-refractivity contribution < 1.29 is 19.1 Å². The Kier molecular flexibility index (Phi) is 8.77. The summed E-state index contributed by atoms with van der Waals surface area (Å²) in [5.41, 5.74) is -0.185. The van der Waals surface area contributed by atoms with Crippen LogP contribution in [0.4, 0.5) is 0 Å². The van der Waals surface area contributed by atoms with E-state index in [9.17, 15) is 9.59 Å². The quantitative estimate of drug-likeness (QED) is 0.273. The van der Waals surface area contributed by atoms with Gasteiger partial charge < -0.3 is 9.47 Å². The van der Waals surface area contributed by atoms with E-state index in [4.69, 9.17) is 9.47 Å². The first-order valence-electron chi connectivity index (χ1n) is 12.1. The van der Waals surface area contributed by atoms with Crippen LogP contribution in [0.1, 0.15) is 89.5 Å². The lowest BCUT2D eigenvalue weighted by Crippen LogP contribution is -2.54. The van der Waals surface area contributed by atoms with Gasteiger partial charge in [-0.2, -0.15) is 0 Å². The van der Waals surface area contributed by atoms with Gasteiger partial charge in [-0.25, -0.2) is 0 Å². The minimum atomic E-state index is -1.14. The number of rotatable bonds is 9. The molecule has 0 heterocycles. The highest BCUT2D eigenvalue weighted by Crippen LogP contribution is 2.50. The average Bonchev–Trinajstić information content (AvgIpc) is 2.80. The van der Waals surface area contributed by atoms with E-state index in [0.717, 1.165) is 69.8 Å². The van der Waals surface area contributed by atoms with Crippen LogP contribution in [0.5, 0.6) is 0 Å².